The van der Waals surface area contributed by atoms with Gasteiger partial charge in [0.25, 0.3) is 0 Å². The summed E-state index contributed by atoms with van der Waals surface area (Å²) >= 11 is 0. The monoisotopic (exact) mass is 235 g/mol. The number of hydrogen-bond acceptors (Lipinski definition) is 2. The standard InChI is InChI=1S/C15H25NO/c1-5-13-6-8-14(9-7-13)10-16(4)11-15(2,3)12-17/h6-9,17H,5,10-12H2,1-4H3. The van der Waals surface area contributed by atoms with Crippen LogP contribution in [0.3, 0.4) is 0 Å². The van der Waals surface area contributed by atoms with Gasteiger partial charge in [-0.1, -0.05) is 45.0 Å². The molecule has 0 atom stereocenters. The third-order valence-corrected chi connectivity index (χ3v) is 3.01. The Morgan fingerprint density at radius 2 is 1.65 bits per heavy atom. The Morgan fingerprint density at radius 3 is 2.12 bits per heavy atom. The Kier molecular flexibility index (Phi) is 5.16. The van der Waals surface area contributed by atoms with Gasteiger partial charge in [0, 0.05) is 25.1 Å². The summed E-state index contributed by atoms with van der Waals surface area (Å²) in [5.74, 6) is 0. The van der Waals surface area contributed by atoms with Gasteiger partial charge in [0.05, 0.1) is 0 Å². The van der Waals surface area contributed by atoms with Gasteiger partial charge in [-0.2, -0.15) is 0 Å². The number of benzene rings is 1. The summed E-state index contributed by atoms with van der Waals surface area (Å²) in [5, 5.41) is 9.25. The number of nitrogens with zero attached hydrogens (tertiary/aromatic N) is 1. The highest BCUT2D eigenvalue weighted by atomic mass is 16.3. The molecule has 0 unspecified atom stereocenters. The number of rotatable bonds is 6. The van der Waals surface area contributed by atoms with E-state index in [-0.39, 0.29) is 12.0 Å². The molecule has 1 N–H and O–H groups in total. The van der Waals surface area contributed by atoms with Crippen LogP contribution in [0, 0.1) is 5.41 Å². The quantitative estimate of drug-likeness (QED) is 0.819. The maximum Gasteiger partial charge on any atom is 0.0494 e. The van der Waals surface area contributed by atoms with Crippen molar-refractivity contribution in [2.75, 3.05) is 20.2 Å². The summed E-state index contributed by atoms with van der Waals surface area (Å²) in [6, 6.07) is 8.78. The van der Waals surface area contributed by atoms with Gasteiger partial charge >= 0.3 is 0 Å². The highest BCUT2D eigenvalue weighted by Crippen LogP contribution is 2.16. The first-order valence-corrected chi connectivity index (χ1v) is 6.34. The molecule has 1 aromatic carbocycles. The minimum atomic E-state index is -0.0297. The fourth-order valence-electron chi connectivity index (χ4n) is 2.03. The van der Waals surface area contributed by atoms with Gasteiger partial charge in [-0.3, -0.25) is 0 Å². The molecule has 2 heteroatoms. The Balaban J connectivity index is 2.52. The van der Waals surface area contributed by atoms with E-state index in [4.69, 9.17) is 0 Å². The molecule has 1 rings (SSSR count). The van der Waals surface area contributed by atoms with Crippen LogP contribution in [0.1, 0.15) is 31.9 Å². The Hall–Kier alpha value is -0.860. The molecular weight excluding hydrogens is 210 g/mol. The second-order valence-corrected chi connectivity index (χ2v) is 5.66. The normalized spacial score (nSPS) is 12.1. The molecule has 0 spiro atoms. The van der Waals surface area contributed by atoms with E-state index in [1.54, 1.807) is 0 Å². The zero-order chi connectivity index (χ0) is 12.9. The van der Waals surface area contributed by atoms with Crippen molar-refractivity contribution in [3.05, 3.63) is 35.4 Å². The van der Waals surface area contributed by atoms with E-state index < -0.39 is 0 Å². The van der Waals surface area contributed by atoms with Crippen molar-refractivity contribution in [3.8, 4) is 0 Å². The summed E-state index contributed by atoms with van der Waals surface area (Å²) in [6.45, 7) is 8.41. The van der Waals surface area contributed by atoms with E-state index >= 15 is 0 Å². The predicted molar refractivity (Wildman–Crippen MR) is 73.0 cm³/mol. The lowest BCUT2D eigenvalue weighted by Crippen LogP contribution is -2.33. The molecule has 96 valence electrons. The largest absolute Gasteiger partial charge is 0.396 e. The van der Waals surface area contributed by atoms with Crippen molar-refractivity contribution in [1.29, 1.82) is 0 Å². The first-order chi connectivity index (χ1) is 7.96. The zero-order valence-electron chi connectivity index (χ0n) is 11.5. The topological polar surface area (TPSA) is 23.5 Å². The van der Waals surface area contributed by atoms with E-state index in [1.807, 2.05) is 0 Å². The summed E-state index contributed by atoms with van der Waals surface area (Å²) in [6.07, 6.45) is 1.09. The fourth-order valence-corrected chi connectivity index (χ4v) is 2.03. The molecule has 0 fully saturated rings. The lowest BCUT2D eigenvalue weighted by Gasteiger charge is -2.28. The molecular formula is C15H25NO. The molecule has 0 heterocycles. The maximum absolute atomic E-state index is 9.25. The molecule has 0 aliphatic rings. The maximum atomic E-state index is 9.25. The van der Waals surface area contributed by atoms with Crippen LogP contribution < -0.4 is 0 Å². The average molecular weight is 235 g/mol. The summed E-state index contributed by atoms with van der Waals surface area (Å²) in [4.78, 5) is 2.26. The van der Waals surface area contributed by atoms with E-state index in [1.165, 1.54) is 11.1 Å². The first-order valence-electron chi connectivity index (χ1n) is 6.34. The molecule has 0 saturated heterocycles. The smallest absolute Gasteiger partial charge is 0.0494 e. The van der Waals surface area contributed by atoms with E-state index in [9.17, 15) is 5.11 Å². The predicted octanol–water partition coefficient (Wildman–Crippen LogP) is 2.70. The molecule has 2 nitrogen and oxygen atoms in total. The van der Waals surface area contributed by atoms with E-state index in [0.29, 0.717) is 0 Å². The van der Waals surface area contributed by atoms with Gasteiger partial charge in [0.15, 0.2) is 0 Å². The molecule has 0 saturated carbocycles. The molecule has 1 aromatic rings. The van der Waals surface area contributed by atoms with E-state index in [0.717, 1.165) is 19.5 Å². The minimum absolute atomic E-state index is 0.0297. The van der Waals surface area contributed by atoms with Crippen molar-refractivity contribution in [3.63, 3.8) is 0 Å². The van der Waals surface area contributed by atoms with Crippen LogP contribution in [-0.4, -0.2) is 30.2 Å². The number of aliphatic hydroxyl groups excluding tert-OH is 1. The molecule has 0 bridgehead atoms. The molecule has 0 aromatic heterocycles. The SMILES string of the molecule is CCc1ccc(CN(C)CC(C)(C)CO)cc1. The number of aryl methyl sites for hydroxylation is 1. The van der Waals surface area contributed by atoms with Crippen LogP contribution in [0.2, 0.25) is 0 Å². The number of aliphatic hydroxyl groups is 1. The van der Waals surface area contributed by atoms with Gasteiger partial charge in [0.2, 0.25) is 0 Å². The van der Waals surface area contributed by atoms with Crippen molar-refractivity contribution in [2.45, 2.75) is 33.7 Å². The molecule has 17 heavy (non-hydrogen) atoms. The Morgan fingerprint density at radius 1 is 1.12 bits per heavy atom. The highest BCUT2D eigenvalue weighted by molar-refractivity contribution is 5.22. The third-order valence-electron chi connectivity index (χ3n) is 3.01. The lowest BCUT2D eigenvalue weighted by atomic mass is 9.94. The van der Waals surface area contributed by atoms with Crippen LogP contribution in [0.25, 0.3) is 0 Å². The van der Waals surface area contributed by atoms with Crippen LogP contribution in [0.15, 0.2) is 24.3 Å². The first kappa shape index (κ1) is 14.2. The Labute approximate surface area is 105 Å². The summed E-state index contributed by atoms with van der Waals surface area (Å²) < 4.78 is 0. The lowest BCUT2D eigenvalue weighted by molar-refractivity contribution is 0.112. The second kappa shape index (κ2) is 6.18. The van der Waals surface area contributed by atoms with Crippen LogP contribution in [0.5, 0.6) is 0 Å². The zero-order valence-corrected chi connectivity index (χ0v) is 11.5. The van der Waals surface area contributed by atoms with Crippen molar-refractivity contribution >= 4 is 0 Å². The van der Waals surface area contributed by atoms with E-state index in [2.05, 4.69) is 57.0 Å². The molecule has 0 aliphatic carbocycles. The third kappa shape index (κ3) is 4.88. The minimum Gasteiger partial charge on any atom is -0.396 e. The number of hydrogen-bond donors (Lipinski definition) is 1. The van der Waals surface area contributed by atoms with Gasteiger partial charge in [-0.05, 0) is 24.6 Å². The van der Waals surface area contributed by atoms with Gasteiger partial charge in [-0.15, -0.1) is 0 Å². The fraction of sp³-hybridized carbons (Fsp3) is 0.600. The van der Waals surface area contributed by atoms with Gasteiger partial charge in [-0.25, -0.2) is 0 Å². The van der Waals surface area contributed by atoms with Gasteiger partial charge < -0.3 is 10.0 Å². The van der Waals surface area contributed by atoms with Crippen molar-refractivity contribution in [1.82, 2.24) is 4.90 Å². The molecule has 0 radical (unpaired) electrons. The summed E-state index contributed by atoms with van der Waals surface area (Å²) in [7, 11) is 2.10. The van der Waals surface area contributed by atoms with Crippen molar-refractivity contribution in [2.24, 2.45) is 5.41 Å². The Bertz CT molecular complexity index is 329. The molecule has 0 aliphatic heterocycles. The van der Waals surface area contributed by atoms with Crippen LogP contribution in [-0.2, 0) is 13.0 Å². The molecule has 0 amide bonds. The highest BCUT2D eigenvalue weighted by Gasteiger charge is 2.18. The van der Waals surface area contributed by atoms with Crippen LogP contribution in [0.4, 0.5) is 0 Å². The summed E-state index contributed by atoms with van der Waals surface area (Å²) in [5.41, 5.74) is 2.68. The second-order valence-electron chi connectivity index (χ2n) is 5.66. The van der Waals surface area contributed by atoms with Crippen LogP contribution >= 0.6 is 0 Å². The van der Waals surface area contributed by atoms with Gasteiger partial charge in [0.1, 0.15) is 0 Å². The average Bonchev–Trinajstić information content (AvgIpc) is 2.29. The van der Waals surface area contributed by atoms with Crippen molar-refractivity contribution < 1.29 is 5.11 Å².